The number of nitrogens with zero attached hydrogens (tertiary/aromatic N) is 3. The molecule has 1 fully saturated rings. The highest BCUT2D eigenvalue weighted by molar-refractivity contribution is 7.22. The van der Waals surface area contributed by atoms with Crippen LogP contribution in [0.4, 0.5) is 5.13 Å². The number of hydrogen-bond acceptors (Lipinski definition) is 7. The second-order valence-electron chi connectivity index (χ2n) is 8.12. The van der Waals surface area contributed by atoms with E-state index in [9.17, 15) is 4.79 Å². The van der Waals surface area contributed by atoms with Gasteiger partial charge in [-0.15, -0.1) is 0 Å². The zero-order valence-electron chi connectivity index (χ0n) is 19.3. The lowest BCUT2D eigenvalue weighted by molar-refractivity contribution is 0.0391. The summed E-state index contributed by atoms with van der Waals surface area (Å²) in [6, 6.07) is 17.6. The molecule has 3 aromatic carbocycles. The quantitative estimate of drug-likeness (QED) is 0.392. The third-order valence-electron chi connectivity index (χ3n) is 6.11. The molecule has 5 rings (SSSR count). The van der Waals surface area contributed by atoms with Gasteiger partial charge in [0.15, 0.2) is 5.13 Å². The Hall–Kier alpha value is -3.20. The fourth-order valence-electron chi connectivity index (χ4n) is 4.22. The van der Waals surface area contributed by atoms with Crippen LogP contribution in [0.1, 0.15) is 10.4 Å². The van der Waals surface area contributed by atoms with Crippen molar-refractivity contribution < 1.29 is 19.0 Å². The van der Waals surface area contributed by atoms with Gasteiger partial charge in [-0.3, -0.25) is 14.6 Å². The Balaban J connectivity index is 1.53. The predicted molar refractivity (Wildman–Crippen MR) is 136 cm³/mol. The Bertz CT molecular complexity index is 1280. The first kappa shape index (κ1) is 22.6. The molecule has 1 aliphatic heterocycles. The molecule has 8 heteroatoms. The van der Waals surface area contributed by atoms with E-state index in [0.29, 0.717) is 47.5 Å². The molecule has 4 aromatic rings. The number of ether oxygens (including phenoxy) is 3. The summed E-state index contributed by atoms with van der Waals surface area (Å²) >= 11 is 1.45. The van der Waals surface area contributed by atoms with Crippen LogP contribution in [0.15, 0.2) is 54.6 Å². The number of thiazole rings is 1. The minimum absolute atomic E-state index is 0.0731. The van der Waals surface area contributed by atoms with Crippen molar-refractivity contribution in [3.8, 4) is 11.5 Å². The number of carbonyl (C=O) groups excluding carboxylic acids is 1. The van der Waals surface area contributed by atoms with Gasteiger partial charge in [-0.1, -0.05) is 41.7 Å². The van der Waals surface area contributed by atoms with Crippen LogP contribution in [0, 0.1) is 0 Å². The average Bonchev–Trinajstić information content (AvgIpc) is 3.33. The van der Waals surface area contributed by atoms with Crippen molar-refractivity contribution >= 4 is 43.4 Å². The zero-order chi connectivity index (χ0) is 23.5. The summed E-state index contributed by atoms with van der Waals surface area (Å²) in [5.74, 6) is 1.30. The van der Waals surface area contributed by atoms with E-state index in [1.165, 1.54) is 11.3 Å². The van der Waals surface area contributed by atoms with Crippen LogP contribution in [-0.4, -0.2) is 69.4 Å². The molecule has 1 aromatic heterocycles. The minimum atomic E-state index is -0.0731. The highest BCUT2D eigenvalue weighted by Gasteiger charge is 2.25. The standard InChI is InChI=1S/C26H27N3O4S/c1-31-21-9-10-22(32-2)24-23(21)27-26(34-24)29(12-11-28-13-15-33-16-14-28)25(30)20-8-7-18-5-3-4-6-19(18)17-20/h3-10,17H,11-16H2,1-2H3. The van der Waals surface area contributed by atoms with E-state index in [0.717, 1.165) is 35.1 Å². The summed E-state index contributed by atoms with van der Waals surface area (Å²) in [6.07, 6.45) is 0. The summed E-state index contributed by atoms with van der Waals surface area (Å²) in [7, 11) is 3.26. The molecule has 0 aliphatic carbocycles. The lowest BCUT2D eigenvalue weighted by Gasteiger charge is -2.29. The van der Waals surface area contributed by atoms with E-state index < -0.39 is 0 Å². The van der Waals surface area contributed by atoms with Crippen molar-refractivity contribution in [3.63, 3.8) is 0 Å². The van der Waals surface area contributed by atoms with Crippen LogP contribution in [-0.2, 0) is 4.74 Å². The van der Waals surface area contributed by atoms with E-state index in [-0.39, 0.29) is 5.91 Å². The number of morpholine rings is 1. The molecule has 1 saturated heterocycles. The predicted octanol–water partition coefficient (Wildman–Crippen LogP) is 4.45. The summed E-state index contributed by atoms with van der Waals surface area (Å²) in [5, 5.41) is 2.77. The minimum Gasteiger partial charge on any atom is -0.495 e. The molecule has 176 valence electrons. The van der Waals surface area contributed by atoms with Gasteiger partial charge in [0.2, 0.25) is 0 Å². The monoisotopic (exact) mass is 477 g/mol. The maximum atomic E-state index is 13.8. The summed E-state index contributed by atoms with van der Waals surface area (Å²) in [5.41, 5.74) is 1.34. The number of rotatable bonds is 7. The molecule has 0 N–H and O–H groups in total. The molecule has 0 spiro atoms. The Labute approximate surface area is 202 Å². The Morgan fingerprint density at radius 2 is 1.76 bits per heavy atom. The Kier molecular flexibility index (Phi) is 6.62. The Morgan fingerprint density at radius 1 is 1.03 bits per heavy atom. The first-order valence-corrected chi connectivity index (χ1v) is 12.1. The molecule has 0 saturated carbocycles. The number of hydrogen-bond donors (Lipinski definition) is 0. The van der Waals surface area contributed by atoms with Crippen LogP contribution in [0.2, 0.25) is 0 Å². The fourth-order valence-corrected chi connectivity index (χ4v) is 5.32. The second kappa shape index (κ2) is 9.97. The molecule has 0 atom stereocenters. The largest absolute Gasteiger partial charge is 0.495 e. The van der Waals surface area contributed by atoms with Crippen molar-refractivity contribution in [1.82, 2.24) is 9.88 Å². The van der Waals surface area contributed by atoms with Crippen molar-refractivity contribution in [3.05, 3.63) is 60.2 Å². The average molecular weight is 478 g/mol. The van der Waals surface area contributed by atoms with Gasteiger partial charge < -0.3 is 14.2 Å². The maximum Gasteiger partial charge on any atom is 0.260 e. The van der Waals surface area contributed by atoms with Gasteiger partial charge in [0.1, 0.15) is 21.7 Å². The maximum absolute atomic E-state index is 13.8. The molecule has 0 bridgehead atoms. The van der Waals surface area contributed by atoms with Crippen LogP contribution in [0.5, 0.6) is 11.5 Å². The van der Waals surface area contributed by atoms with Crippen LogP contribution >= 0.6 is 11.3 Å². The lowest BCUT2D eigenvalue weighted by Crippen LogP contribution is -2.43. The highest BCUT2D eigenvalue weighted by atomic mass is 32.1. The second-order valence-corrected chi connectivity index (χ2v) is 9.09. The molecular weight excluding hydrogens is 450 g/mol. The van der Waals surface area contributed by atoms with Gasteiger partial charge >= 0.3 is 0 Å². The van der Waals surface area contributed by atoms with Crippen molar-refractivity contribution in [2.24, 2.45) is 0 Å². The summed E-state index contributed by atoms with van der Waals surface area (Å²) in [4.78, 5) is 22.8. The first-order chi connectivity index (χ1) is 16.7. The number of methoxy groups -OCH3 is 2. The number of amides is 1. The van der Waals surface area contributed by atoms with Crippen LogP contribution < -0.4 is 14.4 Å². The molecule has 7 nitrogen and oxygen atoms in total. The summed E-state index contributed by atoms with van der Waals surface area (Å²) in [6.45, 7) is 4.42. The fraction of sp³-hybridized carbons (Fsp3) is 0.308. The van der Waals surface area contributed by atoms with Crippen molar-refractivity contribution in [2.45, 2.75) is 0 Å². The highest BCUT2D eigenvalue weighted by Crippen LogP contribution is 2.40. The molecule has 0 unspecified atom stereocenters. The molecule has 0 radical (unpaired) electrons. The number of aromatic nitrogens is 1. The van der Waals surface area contributed by atoms with Gasteiger partial charge in [-0.2, -0.15) is 0 Å². The van der Waals surface area contributed by atoms with Crippen LogP contribution in [0.3, 0.4) is 0 Å². The van der Waals surface area contributed by atoms with Gasteiger partial charge in [0, 0.05) is 31.7 Å². The smallest absolute Gasteiger partial charge is 0.260 e. The van der Waals surface area contributed by atoms with E-state index in [4.69, 9.17) is 19.2 Å². The number of benzene rings is 3. The third-order valence-corrected chi connectivity index (χ3v) is 7.21. The molecular formula is C26H27N3O4S. The summed E-state index contributed by atoms with van der Waals surface area (Å²) < 4.78 is 17.4. The molecule has 2 heterocycles. The normalized spacial score (nSPS) is 14.4. The van der Waals surface area contributed by atoms with E-state index in [1.807, 2.05) is 54.6 Å². The molecule has 34 heavy (non-hydrogen) atoms. The number of carbonyl (C=O) groups is 1. The van der Waals surface area contributed by atoms with Crippen molar-refractivity contribution in [1.29, 1.82) is 0 Å². The first-order valence-electron chi connectivity index (χ1n) is 11.3. The van der Waals surface area contributed by atoms with E-state index in [1.54, 1.807) is 19.1 Å². The van der Waals surface area contributed by atoms with Gasteiger partial charge in [0.05, 0.1) is 27.4 Å². The molecule has 1 amide bonds. The van der Waals surface area contributed by atoms with E-state index in [2.05, 4.69) is 4.90 Å². The zero-order valence-corrected chi connectivity index (χ0v) is 20.1. The van der Waals surface area contributed by atoms with Gasteiger partial charge in [-0.05, 0) is 35.0 Å². The Morgan fingerprint density at radius 3 is 2.53 bits per heavy atom. The van der Waals surface area contributed by atoms with E-state index >= 15 is 0 Å². The van der Waals surface area contributed by atoms with Crippen LogP contribution in [0.25, 0.3) is 21.0 Å². The van der Waals surface area contributed by atoms with Gasteiger partial charge in [-0.25, -0.2) is 4.98 Å². The number of fused-ring (bicyclic) bond motifs is 2. The topological polar surface area (TPSA) is 64.1 Å². The third kappa shape index (κ3) is 4.44. The SMILES string of the molecule is COc1ccc(OC)c2sc(N(CCN3CCOCC3)C(=O)c3ccc4ccccc4c3)nc12. The van der Waals surface area contributed by atoms with Crippen molar-refractivity contribution in [2.75, 3.05) is 58.5 Å². The molecule has 1 aliphatic rings. The number of anilines is 1. The van der Waals surface area contributed by atoms with Gasteiger partial charge in [0.25, 0.3) is 5.91 Å². The lowest BCUT2D eigenvalue weighted by atomic mass is 10.1.